The molecule has 4 atom stereocenters. The van der Waals surface area contributed by atoms with Crippen molar-refractivity contribution < 1.29 is 13.6 Å². The molecule has 0 unspecified atom stereocenters. The summed E-state index contributed by atoms with van der Waals surface area (Å²) >= 11 is 0. The van der Waals surface area contributed by atoms with Gasteiger partial charge in [-0.1, -0.05) is 61.8 Å². The minimum atomic E-state index is -1.59. The predicted octanol–water partition coefficient (Wildman–Crippen LogP) is 6.99. The largest absolute Gasteiger partial charge is 0.414 e. The van der Waals surface area contributed by atoms with Crippen molar-refractivity contribution in [2.75, 3.05) is 6.61 Å². The average Bonchev–Trinajstić information content (AvgIpc) is 3.38. The Hall–Kier alpha value is 0.314. The fourth-order valence-corrected chi connectivity index (χ4v) is 10.3. The lowest BCUT2D eigenvalue weighted by molar-refractivity contribution is 0.102. The van der Waals surface area contributed by atoms with Crippen LogP contribution in [0.25, 0.3) is 0 Å². The van der Waals surface area contributed by atoms with Gasteiger partial charge in [0, 0.05) is 5.92 Å². The van der Waals surface area contributed by atoms with Crippen molar-refractivity contribution in [2.45, 2.75) is 129 Å². The summed E-state index contributed by atoms with van der Waals surface area (Å²) in [5.74, 6) is 0.441. The first kappa shape index (κ1) is 25.4. The molecule has 3 nitrogen and oxygen atoms in total. The molecule has 0 aromatic heterocycles. The van der Waals surface area contributed by atoms with Gasteiger partial charge in [0.15, 0.2) is 16.6 Å². The van der Waals surface area contributed by atoms with Crippen LogP contribution in [0, 0.1) is 5.92 Å². The van der Waals surface area contributed by atoms with Gasteiger partial charge in [0.05, 0.1) is 18.8 Å². The quantitative estimate of drug-likeness (QED) is 0.213. The first-order valence-electron chi connectivity index (χ1n) is 11.7. The fraction of sp³-hybridized carbons (Fsp3) is 1.00. The molecule has 0 aromatic carbocycles. The third-order valence-corrected chi connectivity index (χ3v) is 16.8. The number of rotatable bonds is 15. The van der Waals surface area contributed by atoms with Gasteiger partial charge >= 0.3 is 0 Å². The number of ether oxygens (including phenoxy) is 1. The molecule has 27 heavy (non-hydrogen) atoms. The van der Waals surface area contributed by atoms with E-state index in [1.165, 1.54) is 42.7 Å². The van der Waals surface area contributed by atoms with Gasteiger partial charge in [-0.05, 0) is 49.6 Å². The SMILES string of the molecule is CCC[C@@H](O[Si](CC)(CC)CC)[C@H](C)[C@@H]1O[C@@]1(C)CO[Si](CC)(CC)CC. The summed E-state index contributed by atoms with van der Waals surface area (Å²) in [6.45, 7) is 21.5. The van der Waals surface area contributed by atoms with E-state index in [-0.39, 0.29) is 11.7 Å². The highest BCUT2D eigenvalue weighted by atomic mass is 28.4. The van der Waals surface area contributed by atoms with Gasteiger partial charge in [-0.2, -0.15) is 0 Å². The smallest absolute Gasteiger partial charge is 0.192 e. The summed E-state index contributed by atoms with van der Waals surface area (Å²) in [6.07, 6.45) is 2.93. The summed E-state index contributed by atoms with van der Waals surface area (Å²) < 4.78 is 19.8. The van der Waals surface area contributed by atoms with Gasteiger partial charge in [-0.25, -0.2) is 0 Å². The van der Waals surface area contributed by atoms with Crippen LogP contribution in [0.5, 0.6) is 0 Å². The van der Waals surface area contributed by atoms with Crippen molar-refractivity contribution in [3.8, 4) is 0 Å². The van der Waals surface area contributed by atoms with Crippen molar-refractivity contribution in [3.63, 3.8) is 0 Å². The van der Waals surface area contributed by atoms with E-state index in [0.717, 1.165) is 13.0 Å². The molecule has 0 bridgehead atoms. The third kappa shape index (κ3) is 6.14. The van der Waals surface area contributed by atoms with Gasteiger partial charge in [0.2, 0.25) is 0 Å². The second-order valence-electron chi connectivity index (χ2n) is 8.93. The van der Waals surface area contributed by atoms with E-state index in [1.54, 1.807) is 0 Å². The number of hydrogen-bond acceptors (Lipinski definition) is 3. The lowest BCUT2D eigenvalue weighted by atomic mass is 9.91. The maximum absolute atomic E-state index is 6.92. The molecule has 0 aliphatic carbocycles. The molecule has 0 N–H and O–H groups in total. The van der Waals surface area contributed by atoms with Crippen molar-refractivity contribution in [1.29, 1.82) is 0 Å². The molecule has 0 radical (unpaired) electrons. The number of hydrogen-bond donors (Lipinski definition) is 0. The van der Waals surface area contributed by atoms with Crippen LogP contribution in [-0.4, -0.2) is 41.1 Å². The Morgan fingerprint density at radius 1 is 0.852 bits per heavy atom. The fourth-order valence-electron chi connectivity index (χ4n) is 4.62. The molecular formula is C22H48O3Si2. The zero-order chi connectivity index (χ0) is 20.7. The molecule has 1 saturated heterocycles. The molecule has 1 heterocycles. The van der Waals surface area contributed by atoms with Crippen LogP contribution in [0.3, 0.4) is 0 Å². The summed E-state index contributed by atoms with van der Waals surface area (Å²) in [4.78, 5) is 0. The maximum atomic E-state index is 6.92. The van der Waals surface area contributed by atoms with Gasteiger partial charge < -0.3 is 13.6 Å². The Balaban J connectivity index is 2.77. The van der Waals surface area contributed by atoms with Gasteiger partial charge in [-0.15, -0.1) is 0 Å². The highest BCUT2D eigenvalue weighted by Gasteiger charge is 2.57. The second kappa shape index (κ2) is 10.9. The molecule has 0 amide bonds. The lowest BCUT2D eigenvalue weighted by Crippen LogP contribution is -2.44. The average molecular weight is 417 g/mol. The Labute approximate surface area is 172 Å². The van der Waals surface area contributed by atoms with Crippen LogP contribution in [-0.2, 0) is 13.6 Å². The Morgan fingerprint density at radius 3 is 1.74 bits per heavy atom. The van der Waals surface area contributed by atoms with Gasteiger partial charge in [0.25, 0.3) is 0 Å². The summed E-state index contributed by atoms with van der Waals surface area (Å²) in [6, 6.07) is 7.27. The van der Waals surface area contributed by atoms with E-state index >= 15 is 0 Å². The van der Waals surface area contributed by atoms with Crippen molar-refractivity contribution in [1.82, 2.24) is 0 Å². The Bertz CT molecular complexity index is 407. The van der Waals surface area contributed by atoms with E-state index in [0.29, 0.717) is 12.0 Å². The summed E-state index contributed by atoms with van der Waals surface area (Å²) in [7, 11) is -3.14. The highest BCUT2D eigenvalue weighted by Crippen LogP contribution is 2.45. The zero-order valence-corrected chi connectivity index (χ0v) is 21.8. The van der Waals surface area contributed by atoms with Crippen LogP contribution in [0.2, 0.25) is 36.3 Å². The predicted molar refractivity (Wildman–Crippen MR) is 123 cm³/mol. The number of epoxide rings is 1. The standard InChI is InChI=1S/C22H48O3Si2/c1-10-17-20(25-27(14-5,15-6)16-7)19(8)21-22(9,24-21)18-23-26(11-2,12-3)13-4/h19-21H,10-18H2,1-9H3/t19-,20+,21-,22-/m0/s1. The molecule has 1 aliphatic rings. The molecule has 5 heteroatoms. The van der Waals surface area contributed by atoms with Gasteiger partial charge in [0.1, 0.15) is 5.60 Å². The molecule has 0 saturated carbocycles. The van der Waals surface area contributed by atoms with Crippen LogP contribution in [0.4, 0.5) is 0 Å². The molecule has 0 spiro atoms. The first-order valence-corrected chi connectivity index (χ1v) is 16.8. The Kier molecular flexibility index (Phi) is 10.2. The summed E-state index contributed by atoms with van der Waals surface area (Å²) in [5, 5.41) is 0. The molecule has 0 aromatic rings. The Morgan fingerprint density at radius 2 is 1.33 bits per heavy atom. The van der Waals surface area contributed by atoms with Crippen molar-refractivity contribution in [3.05, 3.63) is 0 Å². The minimum absolute atomic E-state index is 0.110. The van der Waals surface area contributed by atoms with E-state index < -0.39 is 16.6 Å². The first-order chi connectivity index (χ1) is 12.7. The topological polar surface area (TPSA) is 31.0 Å². The molecule has 1 aliphatic heterocycles. The van der Waals surface area contributed by atoms with E-state index in [9.17, 15) is 0 Å². The highest BCUT2D eigenvalue weighted by molar-refractivity contribution is 6.74. The molecule has 162 valence electrons. The van der Waals surface area contributed by atoms with E-state index in [4.69, 9.17) is 13.6 Å². The summed E-state index contributed by atoms with van der Waals surface area (Å²) in [5.41, 5.74) is -0.110. The van der Waals surface area contributed by atoms with Crippen LogP contribution < -0.4 is 0 Å². The van der Waals surface area contributed by atoms with Crippen LogP contribution in [0.15, 0.2) is 0 Å². The van der Waals surface area contributed by atoms with Crippen LogP contribution >= 0.6 is 0 Å². The molecule has 1 fully saturated rings. The van der Waals surface area contributed by atoms with Crippen molar-refractivity contribution in [2.24, 2.45) is 5.92 Å². The van der Waals surface area contributed by atoms with Crippen LogP contribution in [0.1, 0.15) is 75.2 Å². The van der Waals surface area contributed by atoms with E-state index in [2.05, 4.69) is 62.3 Å². The van der Waals surface area contributed by atoms with Crippen molar-refractivity contribution >= 4 is 16.6 Å². The molecular weight excluding hydrogens is 368 g/mol. The normalized spacial score (nSPS) is 25.4. The van der Waals surface area contributed by atoms with E-state index in [1.807, 2.05) is 0 Å². The zero-order valence-electron chi connectivity index (χ0n) is 19.8. The minimum Gasteiger partial charge on any atom is -0.414 e. The monoisotopic (exact) mass is 416 g/mol. The second-order valence-corrected chi connectivity index (χ2v) is 18.4. The maximum Gasteiger partial charge on any atom is 0.192 e. The van der Waals surface area contributed by atoms with Gasteiger partial charge in [-0.3, -0.25) is 0 Å². The lowest BCUT2D eigenvalue weighted by Gasteiger charge is -2.36. The third-order valence-electron chi connectivity index (χ3n) is 7.51. The molecule has 1 rings (SSSR count).